The van der Waals surface area contributed by atoms with Gasteiger partial charge in [-0.25, -0.2) is 4.85 Å². The Kier molecular flexibility index (Phi) is 6.71. The molecule has 0 aliphatic rings. The van der Waals surface area contributed by atoms with Crippen LogP contribution in [0.4, 0.5) is 5.69 Å². The molecule has 1 aromatic rings. The average Bonchev–Trinajstić information content (AvgIpc) is 2.38. The van der Waals surface area contributed by atoms with E-state index in [0.717, 1.165) is 6.42 Å². The smallest absolute Gasteiger partial charge is 0.228 e. The second-order valence-electron chi connectivity index (χ2n) is 4.38. The van der Waals surface area contributed by atoms with Crippen LogP contribution in [0.25, 0.3) is 4.85 Å². The first-order chi connectivity index (χ1) is 8.77. The number of hydrogen-bond donors (Lipinski definition) is 1. The van der Waals surface area contributed by atoms with Gasteiger partial charge in [0.2, 0.25) is 5.69 Å². The molecule has 0 aliphatic heterocycles. The number of nitrogens with zero attached hydrogens (tertiary/aromatic N) is 1. The summed E-state index contributed by atoms with van der Waals surface area (Å²) in [6.45, 7) is 9.71. The van der Waals surface area contributed by atoms with Crippen LogP contribution in [-0.4, -0.2) is 11.7 Å². The van der Waals surface area contributed by atoms with Gasteiger partial charge in [0.1, 0.15) is 11.5 Å². The molecule has 0 spiro atoms. The number of hydrogen-bond acceptors (Lipinski definition) is 2. The van der Waals surface area contributed by atoms with Crippen molar-refractivity contribution in [1.29, 1.82) is 0 Å². The van der Waals surface area contributed by atoms with Crippen LogP contribution >= 0.6 is 0 Å². The van der Waals surface area contributed by atoms with Crippen LogP contribution in [0.15, 0.2) is 18.2 Å². The van der Waals surface area contributed by atoms with Crippen molar-refractivity contribution in [1.82, 2.24) is 0 Å². The number of phenolic OH excluding ortho intramolecular Hbond substituents is 1. The van der Waals surface area contributed by atoms with Crippen molar-refractivity contribution in [3.8, 4) is 11.5 Å². The maximum atomic E-state index is 9.50. The van der Waals surface area contributed by atoms with Crippen LogP contribution in [-0.2, 0) is 0 Å². The van der Waals surface area contributed by atoms with Crippen molar-refractivity contribution in [2.75, 3.05) is 6.61 Å². The Hall–Kier alpha value is -1.69. The Labute approximate surface area is 109 Å². The standard InChI is InChI=1S/C15H21NO2/c1-3-4-5-6-7-8-11-18-13-9-10-14(16-2)15(17)12-13/h9-10,12,17H,3-8,11H2,1H3. The van der Waals surface area contributed by atoms with Gasteiger partial charge in [-0.2, -0.15) is 0 Å². The zero-order chi connectivity index (χ0) is 13.2. The molecule has 98 valence electrons. The minimum Gasteiger partial charge on any atom is -0.519 e. The molecular weight excluding hydrogens is 226 g/mol. The largest absolute Gasteiger partial charge is 0.519 e. The van der Waals surface area contributed by atoms with Crippen LogP contribution in [0.5, 0.6) is 11.5 Å². The fourth-order valence-electron chi connectivity index (χ4n) is 1.76. The van der Waals surface area contributed by atoms with Crippen molar-refractivity contribution in [2.45, 2.75) is 45.4 Å². The lowest BCUT2D eigenvalue weighted by Gasteiger charge is -2.07. The predicted octanol–water partition coefficient (Wildman–Crippen LogP) is 4.68. The van der Waals surface area contributed by atoms with Gasteiger partial charge in [0.15, 0.2) is 0 Å². The Balaban J connectivity index is 2.20. The van der Waals surface area contributed by atoms with Gasteiger partial charge in [-0.15, -0.1) is 0 Å². The summed E-state index contributed by atoms with van der Waals surface area (Å²) < 4.78 is 5.53. The molecule has 0 saturated heterocycles. The lowest BCUT2D eigenvalue weighted by Crippen LogP contribution is -1.97. The summed E-state index contributed by atoms with van der Waals surface area (Å²) in [4.78, 5) is 3.19. The van der Waals surface area contributed by atoms with Crippen molar-refractivity contribution in [3.63, 3.8) is 0 Å². The highest BCUT2D eigenvalue weighted by Crippen LogP contribution is 2.30. The Morgan fingerprint density at radius 3 is 2.56 bits per heavy atom. The third-order valence-corrected chi connectivity index (χ3v) is 2.83. The number of benzene rings is 1. The highest BCUT2D eigenvalue weighted by atomic mass is 16.5. The summed E-state index contributed by atoms with van der Waals surface area (Å²) in [7, 11) is 0. The van der Waals surface area contributed by atoms with E-state index in [1.807, 2.05) is 0 Å². The van der Waals surface area contributed by atoms with Gasteiger partial charge in [0.05, 0.1) is 13.2 Å². The predicted molar refractivity (Wildman–Crippen MR) is 73.2 cm³/mol. The van der Waals surface area contributed by atoms with E-state index >= 15 is 0 Å². The Morgan fingerprint density at radius 1 is 1.17 bits per heavy atom. The van der Waals surface area contributed by atoms with Gasteiger partial charge in [-0.3, -0.25) is 0 Å². The van der Waals surface area contributed by atoms with E-state index in [4.69, 9.17) is 11.3 Å². The molecule has 0 bridgehead atoms. The normalized spacial score (nSPS) is 10.0. The molecule has 1 aromatic carbocycles. The molecule has 0 unspecified atom stereocenters. The maximum Gasteiger partial charge on any atom is 0.228 e. The Morgan fingerprint density at radius 2 is 1.89 bits per heavy atom. The van der Waals surface area contributed by atoms with Gasteiger partial charge < -0.3 is 9.84 Å². The van der Waals surface area contributed by atoms with E-state index in [-0.39, 0.29) is 11.4 Å². The molecule has 0 atom stereocenters. The molecular formula is C15H21NO2. The van der Waals surface area contributed by atoms with E-state index in [9.17, 15) is 5.11 Å². The number of rotatable bonds is 8. The van der Waals surface area contributed by atoms with E-state index < -0.39 is 0 Å². The minimum atomic E-state index is -0.00885. The first-order valence-corrected chi connectivity index (χ1v) is 6.61. The molecule has 1 N–H and O–H groups in total. The first-order valence-electron chi connectivity index (χ1n) is 6.61. The second kappa shape index (κ2) is 8.41. The number of ether oxygens (including phenoxy) is 1. The monoisotopic (exact) mass is 247 g/mol. The third-order valence-electron chi connectivity index (χ3n) is 2.83. The SMILES string of the molecule is [C-]#[N+]c1ccc(OCCCCCCCC)cc1O. The van der Waals surface area contributed by atoms with Crippen LogP contribution < -0.4 is 4.74 Å². The van der Waals surface area contributed by atoms with Crippen molar-refractivity contribution in [3.05, 3.63) is 29.6 Å². The van der Waals surface area contributed by atoms with E-state index in [1.165, 1.54) is 38.2 Å². The van der Waals surface area contributed by atoms with Crippen molar-refractivity contribution >= 4 is 5.69 Å². The molecule has 0 amide bonds. The van der Waals surface area contributed by atoms with E-state index in [1.54, 1.807) is 12.1 Å². The van der Waals surface area contributed by atoms with Crippen molar-refractivity contribution < 1.29 is 9.84 Å². The van der Waals surface area contributed by atoms with Gasteiger partial charge in [0.25, 0.3) is 0 Å². The molecule has 0 heterocycles. The van der Waals surface area contributed by atoms with Crippen LogP contribution in [0, 0.1) is 6.57 Å². The summed E-state index contributed by atoms with van der Waals surface area (Å²) in [5.74, 6) is 0.624. The average molecular weight is 247 g/mol. The van der Waals surface area contributed by atoms with Crippen molar-refractivity contribution in [2.24, 2.45) is 0 Å². The highest BCUT2D eigenvalue weighted by molar-refractivity contribution is 5.58. The third kappa shape index (κ3) is 5.09. The van der Waals surface area contributed by atoms with Gasteiger partial charge >= 0.3 is 0 Å². The minimum absolute atomic E-state index is 0.00885. The lowest BCUT2D eigenvalue weighted by molar-refractivity contribution is 0.303. The molecule has 0 aliphatic carbocycles. The summed E-state index contributed by atoms with van der Waals surface area (Å²) in [6, 6.07) is 4.81. The van der Waals surface area contributed by atoms with E-state index in [2.05, 4.69) is 11.8 Å². The van der Waals surface area contributed by atoms with Gasteiger partial charge in [0, 0.05) is 6.07 Å². The van der Waals surface area contributed by atoms with Crippen LogP contribution in [0.3, 0.4) is 0 Å². The first kappa shape index (κ1) is 14.4. The van der Waals surface area contributed by atoms with Gasteiger partial charge in [-0.1, -0.05) is 39.0 Å². The van der Waals surface area contributed by atoms with Gasteiger partial charge in [-0.05, 0) is 18.6 Å². The molecule has 0 aromatic heterocycles. The summed E-state index contributed by atoms with van der Waals surface area (Å²) in [6.07, 6.45) is 7.37. The zero-order valence-corrected chi connectivity index (χ0v) is 11.0. The number of aromatic hydroxyl groups is 1. The summed E-state index contributed by atoms with van der Waals surface area (Å²) in [5, 5.41) is 9.50. The molecule has 0 saturated carbocycles. The fourth-order valence-corrected chi connectivity index (χ4v) is 1.76. The van der Waals surface area contributed by atoms with E-state index in [0.29, 0.717) is 12.4 Å². The highest BCUT2D eigenvalue weighted by Gasteiger charge is 2.02. The van der Waals surface area contributed by atoms with Crippen LogP contribution in [0.2, 0.25) is 0 Å². The summed E-state index contributed by atoms with van der Waals surface area (Å²) in [5.41, 5.74) is 0.266. The maximum absolute atomic E-state index is 9.50. The fraction of sp³-hybridized carbons (Fsp3) is 0.533. The van der Waals surface area contributed by atoms with Crippen LogP contribution in [0.1, 0.15) is 45.4 Å². The Bertz CT molecular complexity index is 396. The topological polar surface area (TPSA) is 33.8 Å². The lowest BCUT2D eigenvalue weighted by atomic mass is 10.1. The number of phenols is 1. The molecule has 0 radical (unpaired) electrons. The molecule has 18 heavy (non-hydrogen) atoms. The molecule has 3 nitrogen and oxygen atoms in total. The number of unbranched alkanes of at least 4 members (excludes halogenated alkanes) is 5. The molecule has 0 fully saturated rings. The molecule has 3 heteroatoms. The molecule has 1 rings (SSSR count). The zero-order valence-electron chi connectivity index (χ0n) is 11.0. The quantitative estimate of drug-likeness (QED) is 0.534. The summed E-state index contributed by atoms with van der Waals surface area (Å²) >= 11 is 0. The second-order valence-corrected chi connectivity index (χ2v) is 4.38.